The smallest absolute Gasteiger partial charge is 0.411 e. The van der Waals surface area contributed by atoms with Gasteiger partial charge in [-0.2, -0.15) is 0 Å². The number of rotatable bonds is 5. The Morgan fingerprint density at radius 3 is 2.42 bits per heavy atom. The van der Waals surface area contributed by atoms with Crippen LogP contribution in [0.15, 0.2) is 0 Å². The second-order valence-corrected chi connectivity index (χ2v) is 8.27. The third kappa shape index (κ3) is 4.02. The van der Waals surface area contributed by atoms with Crippen LogP contribution in [0.5, 0.6) is 0 Å². The molecule has 6 nitrogen and oxygen atoms in total. The number of ether oxygens (including phenoxy) is 1. The minimum Gasteiger partial charge on any atom is -0.444 e. The van der Waals surface area contributed by atoms with Gasteiger partial charge in [-0.25, -0.2) is 4.79 Å². The van der Waals surface area contributed by atoms with Gasteiger partial charge in [0.15, 0.2) is 0 Å². The lowest BCUT2D eigenvalue weighted by molar-refractivity contribution is -0.155. The molecular formula is C18H32N2O4. The van der Waals surface area contributed by atoms with Gasteiger partial charge in [0.2, 0.25) is 5.91 Å². The minimum absolute atomic E-state index is 0.00643. The highest BCUT2D eigenvalue weighted by Gasteiger charge is 2.60. The van der Waals surface area contributed by atoms with Gasteiger partial charge in [-0.1, -0.05) is 12.8 Å². The number of carbonyl (C=O) groups excluding carboxylic acids is 2. The lowest BCUT2D eigenvalue weighted by atomic mass is 9.69. The predicted molar refractivity (Wildman–Crippen MR) is 91.6 cm³/mol. The Morgan fingerprint density at radius 1 is 1.25 bits per heavy atom. The van der Waals surface area contributed by atoms with E-state index >= 15 is 0 Å². The average molecular weight is 340 g/mol. The van der Waals surface area contributed by atoms with Crippen LogP contribution in [0, 0.1) is 5.41 Å². The summed E-state index contributed by atoms with van der Waals surface area (Å²) in [6.45, 7) is 6.89. The standard InChI is InChI=1S/C18H32N2O4/c1-17(2,3)24-16(23)20-13-18(9-5-6-10-18)14(20)15(22)19(4)11-7-8-12-21/h14,21H,5-13H2,1-4H3/t14-/m1/s1. The lowest BCUT2D eigenvalue weighted by Crippen LogP contribution is -2.70. The van der Waals surface area contributed by atoms with Crippen molar-refractivity contribution in [3.63, 3.8) is 0 Å². The van der Waals surface area contributed by atoms with Gasteiger partial charge in [-0.15, -0.1) is 0 Å². The number of likely N-dealkylation sites (N-methyl/N-ethyl adjacent to an activating group) is 1. The van der Waals surface area contributed by atoms with Gasteiger partial charge in [0.05, 0.1) is 0 Å². The van der Waals surface area contributed by atoms with E-state index in [1.165, 1.54) is 0 Å². The first-order valence-electron chi connectivity index (χ1n) is 9.06. The molecule has 1 atom stereocenters. The van der Waals surface area contributed by atoms with Gasteiger partial charge in [0, 0.05) is 32.2 Å². The minimum atomic E-state index is -0.559. The van der Waals surface area contributed by atoms with Crippen molar-refractivity contribution in [3.05, 3.63) is 0 Å². The molecule has 1 N–H and O–H groups in total. The molecule has 138 valence electrons. The first kappa shape index (κ1) is 19.0. The zero-order chi connectivity index (χ0) is 18.0. The van der Waals surface area contributed by atoms with Gasteiger partial charge in [-0.3, -0.25) is 9.69 Å². The molecule has 1 saturated heterocycles. The number of carbonyl (C=O) groups is 2. The maximum Gasteiger partial charge on any atom is 0.411 e. The molecule has 0 bridgehead atoms. The summed E-state index contributed by atoms with van der Waals surface area (Å²) in [5.74, 6) is 0.00643. The number of hydrogen-bond donors (Lipinski definition) is 1. The molecule has 0 radical (unpaired) electrons. The van der Waals surface area contributed by atoms with E-state index in [9.17, 15) is 9.59 Å². The number of unbranched alkanes of at least 4 members (excludes halogenated alkanes) is 1. The summed E-state index contributed by atoms with van der Waals surface area (Å²) < 4.78 is 5.49. The van der Waals surface area contributed by atoms with Crippen molar-refractivity contribution in [2.45, 2.75) is 70.9 Å². The molecule has 1 aliphatic heterocycles. The molecule has 2 aliphatic rings. The first-order chi connectivity index (χ1) is 11.2. The van der Waals surface area contributed by atoms with Crippen molar-refractivity contribution in [2.24, 2.45) is 5.41 Å². The molecule has 1 saturated carbocycles. The van der Waals surface area contributed by atoms with E-state index in [2.05, 4.69) is 0 Å². The number of amides is 2. The molecule has 1 aliphatic carbocycles. The van der Waals surface area contributed by atoms with E-state index in [4.69, 9.17) is 9.84 Å². The molecular weight excluding hydrogens is 308 g/mol. The topological polar surface area (TPSA) is 70.1 Å². The molecule has 2 amide bonds. The van der Waals surface area contributed by atoms with Crippen LogP contribution < -0.4 is 0 Å². The molecule has 0 aromatic heterocycles. The van der Waals surface area contributed by atoms with Gasteiger partial charge >= 0.3 is 6.09 Å². The largest absolute Gasteiger partial charge is 0.444 e. The molecule has 0 aromatic carbocycles. The molecule has 0 aromatic rings. The van der Waals surface area contributed by atoms with Crippen LogP contribution in [0.25, 0.3) is 0 Å². The van der Waals surface area contributed by atoms with Gasteiger partial charge in [0.1, 0.15) is 11.6 Å². The molecule has 2 fully saturated rings. The highest BCUT2D eigenvalue weighted by atomic mass is 16.6. The molecule has 1 heterocycles. The number of nitrogens with zero attached hydrogens (tertiary/aromatic N) is 2. The summed E-state index contributed by atoms with van der Waals surface area (Å²) in [5, 5.41) is 8.90. The Morgan fingerprint density at radius 2 is 1.88 bits per heavy atom. The Labute approximate surface area is 145 Å². The molecule has 1 spiro atoms. The van der Waals surface area contributed by atoms with E-state index in [-0.39, 0.29) is 24.0 Å². The van der Waals surface area contributed by atoms with Gasteiger partial charge < -0.3 is 14.7 Å². The maximum absolute atomic E-state index is 13.0. The zero-order valence-electron chi connectivity index (χ0n) is 15.5. The van der Waals surface area contributed by atoms with Crippen LogP contribution in [-0.2, 0) is 9.53 Å². The fraction of sp³-hybridized carbons (Fsp3) is 0.889. The van der Waals surface area contributed by atoms with E-state index in [0.29, 0.717) is 19.5 Å². The Kier molecular flexibility index (Phi) is 5.78. The average Bonchev–Trinajstić information content (AvgIpc) is 2.94. The summed E-state index contributed by atoms with van der Waals surface area (Å²) in [5.41, 5.74) is -0.616. The summed E-state index contributed by atoms with van der Waals surface area (Å²) in [6.07, 6.45) is 5.33. The van der Waals surface area contributed by atoms with Crippen LogP contribution in [-0.4, -0.2) is 65.3 Å². The highest BCUT2D eigenvalue weighted by molar-refractivity contribution is 5.88. The van der Waals surface area contributed by atoms with E-state index in [1.807, 2.05) is 20.8 Å². The van der Waals surface area contributed by atoms with Gasteiger partial charge in [0.25, 0.3) is 0 Å². The lowest BCUT2D eigenvalue weighted by Gasteiger charge is -2.55. The van der Waals surface area contributed by atoms with E-state index < -0.39 is 11.6 Å². The third-order valence-corrected chi connectivity index (χ3v) is 5.12. The number of hydrogen-bond acceptors (Lipinski definition) is 4. The summed E-state index contributed by atoms with van der Waals surface area (Å²) in [6, 6.07) is -0.394. The van der Waals surface area contributed by atoms with Crippen LogP contribution in [0.3, 0.4) is 0 Å². The third-order valence-electron chi connectivity index (χ3n) is 5.12. The Bertz CT molecular complexity index is 466. The Hall–Kier alpha value is -1.30. The maximum atomic E-state index is 13.0. The van der Waals surface area contributed by atoms with Gasteiger partial charge in [-0.05, 0) is 46.5 Å². The van der Waals surface area contributed by atoms with Crippen LogP contribution >= 0.6 is 0 Å². The fourth-order valence-corrected chi connectivity index (χ4v) is 3.91. The number of aliphatic hydroxyl groups is 1. The Balaban J connectivity index is 2.07. The quantitative estimate of drug-likeness (QED) is 0.780. The first-order valence-corrected chi connectivity index (χ1v) is 9.06. The molecule has 0 unspecified atom stereocenters. The molecule has 24 heavy (non-hydrogen) atoms. The van der Waals surface area contributed by atoms with Crippen LogP contribution in [0.2, 0.25) is 0 Å². The molecule has 2 rings (SSSR count). The van der Waals surface area contributed by atoms with Crippen molar-refractivity contribution in [1.82, 2.24) is 9.80 Å². The predicted octanol–water partition coefficient (Wildman–Crippen LogP) is 2.40. The number of aliphatic hydroxyl groups excluding tert-OH is 1. The van der Waals surface area contributed by atoms with E-state index in [1.54, 1.807) is 16.8 Å². The van der Waals surface area contributed by atoms with Crippen molar-refractivity contribution in [2.75, 3.05) is 26.7 Å². The fourth-order valence-electron chi connectivity index (χ4n) is 3.91. The van der Waals surface area contributed by atoms with Crippen molar-refractivity contribution in [1.29, 1.82) is 0 Å². The van der Waals surface area contributed by atoms with Crippen molar-refractivity contribution >= 4 is 12.0 Å². The monoisotopic (exact) mass is 340 g/mol. The van der Waals surface area contributed by atoms with Crippen LogP contribution in [0.1, 0.15) is 59.3 Å². The summed E-state index contributed by atoms with van der Waals surface area (Å²) in [4.78, 5) is 28.8. The molecule has 6 heteroatoms. The highest BCUT2D eigenvalue weighted by Crippen LogP contribution is 2.51. The van der Waals surface area contributed by atoms with Crippen molar-refractivity contribution < 1.29 is 19.4 Å². The summed E-state index contributed by atoms with van der Waals surface area (Å²) in [7, 11) is 1.79. The second-order valence-electron chi connectivity index (χ2n) is 8.27. The SMILES string of the molecule is CN(CCCCO)C(=O)[C@H]1N(C(=O)OC(C)(C)C)CC12CCCC2. The zero-order valence-corrected chi connectivity index (χ0v) is 15.5. The van der Waals surface area contributed by atoms with Crippen LogP contribution in [0.4, 0.5) is 4.79 Å². The van der Waals surface area contributed by atoms with E-state index in [0.717, 1.165) is 32.1 Å². The summed E-state index contributed by atoms with van der Waals surface area (Å²) >= 11 is 0. The number of likely N-dealkylation sites (tertiary alicyclic amines) is 1. The van der Waals surface area contributed by atoms with Crippen molar-refractivity contribution in [3.8, 4) is 0 Å². The second kappa shape index (κ2) is 7.30. The normalized spacial score (nSPS) is 22.4.